The third kappa shape index (κ3) is 3.78. The molecule has 0 radical (unpaired) electrons. The smallest absolute Gasteiger partial charge is 0.428 e. The third-order valence-electron chi connectivity index (χ3n) is 3.40. The third-order valence-corrected chi connectivity index (χ3v) is 3.89. The molecule has 2 aromatic carbocycles. The maximum atomic E-state index is 14.7. The minimum Gasteiger partial charge on any atom is -0.428 e. The molecule has 0 atom stereocenters. The van der Waals surface area contributed by atoms with Crippen molar-refractivity contribution in [2.45, 2.75) is 40.2 Å². The van der Waals surface area contributed by atoms with Crippen molar-refractivity contribution in [1.29, 1.82) is 0 Å². The van der Waals surface area contributed by atoms with Gasteiger partial charge >= 0.3 is 6.16 Å². The van der Waals surface area contributed by atoms with Gasteiger partial charge in [0.15, 0.2) is 0 Å². The molecule has 128 valence electrons. The van der Waals surface area contributed by atoms with Gasteiger partial charge in [-0.3, -0.25) is 0 Å². The summed E-state index contributed by atoms with van der Waals surface area (Å²) in [6.07, 6.45) is -0.836. The summed E-state index contributed by atoms with van der Waals surface area (Å²) in [6, 6.07) is 5.10. The highest BCUT2D eigenvalue weighted by atomic mass is 79.9. The van der Waals surface area contributed by atoms with Gasteiger partial charge in [-0.1, -0.05) is 28.6 Å². The highest BCUT2D eigenvalue weighted by Gasteiger charge is 2.24. The molecular formula is C19H20BrFO3. The van der Waals surface area contributed by atoms with E-state index in [1.54, 1.807) is 52.8 Å². The van der Waals surface area contributed by atoms with Crippen molar-refractivity contribution in [2.75, 3.05) is 0 Å². The van der Waals surface area contributed by atoms with Crippen molar-refractivity contribution in [2.24, 2.45) is 0 Å². The predicted octanol–water partition coefficient (Wildman–Crippen LogP) is 6.40. The van der Waals surface area contributed by atoms with Crippen LogP contribution in [-0.2, 0) is 4.74 Å². The molecule has 24 heavy (non-hydrogen) atoms. The van der Waals surface area contributed by atoms with Crippen LogP contribution in [0, 0.1) is 12.7 Å². The maximum Gasteiger partial charge on any atom is 0.514 e. The zero-order valence-electron chi connectivity index (χ0n) is 14.4. The molecule has 0 heterocycles. The van der Waals surface area contributed by atoms with Gasteiger partial charge in [-0.05, 0) is 57.9 Å². The van der Waals surface area contributed by atoms with E-state index in [-0.39, 0.29) is 11.6 Å². The van der Waals surface area contributed by atoms with Crippen LogP contribution in [0.5, 0.6) is 5.75 Å². The summed E-state index contributed by atoms with van der Waals surface area (Å²) in [5.74, 6) is -0.0982. The lowest BCUT2D eigenvalue weighted by Crippen LogP contribution is -2.26. The first-order valence-electron chi connectivity index (χ1n) is 7.49. The number of halogens is 2. The Morgan fingerprint density at radius 1 is 1.25 bits per heavy atom. The second kappa shape index (κ2) is 6.55. The topological polar surface area (TPSA) is 35.5 Å². The Balaban J connectivity index is 2.71. The van der Waals surface area contributed by atoms with E-state index in [0.717, 1.165) is 4.47 Å². The molecule has 0 aliphatic carbocycles. The van der Waals surface area contributed by atoms with Crippen LogP contribution >= 0.6 is 15.9 Å². The summed E-state index contributed by atoms with van der Waals surface area (Å²) >= 11 is 3.37. The number of hydrogen-bond donors (Lipinski definition) is 0. The number of carbonyl (C=O) groups excluding carboxylic acids is 1. The van der Waals surface area contributed by atoms with Gasteiger partial charge in [-0.2, -0.15) is 0 Å². The summed E-state index contributed by atoms with van der Waals surface area (Å²) < 4.78 is 26.2. The lowest BCUT2D eigenvalue weighted by atomic mass is 9.95. The Labute approximate surface area is 149 Å². The Hall–Kier alpha value is -1.88. The van der Waals surface area contributed by atoms with Crippen molar-refractivity contribution in [1.82, 2.24) is 0 Å². The Morgan fingerprint density at radius 3 is 2.42 bits per heavy atom. The van der Waals surface area contributed by atoms with Crippen LogP contribution in [-0.4, -0.2) is 11.8 Å². The fourth-order valence-electron chi connectivity index (χ4n) is 2.49. The van der Waals surface area contributed by atoms with Gasteiger partial charge < -0.3 is 9.47 Å². The van der Waals surface area contributed by atoms with Crippen LogP contribution in [0.2, 0.25) is 0 Å². The SMILES string of the molecule is C=C(C)c1c(C)c(F)c2ccc(Br)cc2c1OC(=O)OC(C)(C)C. The van der Waals surface area contributed by atoms with Crippen molar-refractivity contribution >= 4 is 38.4 Å². The van der Waals surface area contributed by atoms with E-state index in [1.807, 2.05) is 0 Å². The molecule has 0 saturated carbocycles. The molecule has 3 nitrogen and oxygen atoms in total. The summed E-state index contributed by atoms with van der Waals surface area (Å²) in [5.41, 5.74) is 0.776. The summed E-state index contributed by atoms with van der Waals surface area (Å²) in [5, 5.41) is 0.857. The Kier molecular flexibility index (Phi) is 5.04. The van der Waals surface area contributed by atoms with Gasteiger partial charge in [0.05, 0.1) is 0 Å². The van der Waals surface area contributed by atoms with Crippen LogP contribution in [0.15, 0.2) is 29.3 Å². The molecule has 0 spiro atoms. The number of hydrogen-bond acceptors (Lipinski definition) is 3. The van der Waals surface area contributed by atoms with Gasteiger partial charge in [0, 0.05) is 20.8 Å². The van der Waals surface area contributed by atoms with Gasteiger partial charge in [-0.25, -0.2) is 9.18 Å². The van der Waals surface area contributed by atoms with Crippen LogP contribution < -0.4 is 4.74 Å². The minimum atomic E-state index is -0.836. The average Bonchev–Trinajstić information content (AvgIpc) is 2.42. The molecule has 2 rings (SSSR count). The number of allylic oxidation sites excluding steroid dienone is 1. The van der Waals surface area contributed by atoms with Crippen molar-refractivity contribution in [3.8, 4) is 5.75 Å². The van der Waals surface area contributed by atoms with E-state index in [2.05, 4.69) is 22.5 Å². The van der Waals surface area contributed by atoms with E-state index in [4.69, 9.17) is 9.47 Å². The lowest BCUT2D eigenvalue weighted by molar-refractivity contribution is 0.0208. The summed E-state index contributed by atoms with van der Waals surface area (Å²) in [7, 11) is 0. The number of benzene rings is 2. The molecular weight excluding hydrogens is 375 g/mol. The van der Waals surface area contributed by atoms with E-state index in [9.17, 15) is 9.18 Å². The second-order valence-electron chi connectivity index (χ2n) is 6.68. The fourth-order valence-corrected chi connectivity index (χ4v) is 2.85. The highest BCUT2D eigenvalue weighted by molar-refractivity contribution is 9.10. The van der Waals surface area contributed by atoms with Gasteiger partial charge in [0.2, 0.25) is 0 Å². The van der Waals surface area contributed by atoms with E-state index >= 15 is 0 Å². The minimum absolute atomic E-state index is 0.256. The molecule has 0 aliphatic rings. The van der Waals surface area contributed by atoms with Gasteiger partial charge in [-0.15, -0.1) is 0 Å². The van der Waals surface area contributed by atoms with Crippen LogP contribution in [0.3, 0.4) is 0 Å². The number of rotatable bonds is 2. The molecule has 0 bridgehead atoms. The van der Waals surface area contributed by atoms with E-state index < -0.39 is 11.8 Å². The van der Waals surface area contributed by atoms with Crippen molar-refractivity contribution in [3.05, 3.63) is 46.2 Å². The Morgan fingerprint density at radius 2 is 1.88 bits per heavy atom. The maximum absolute atomic E-state index is 14.7. The number of ether oxygens (including phenoxy) is 2. The molecule has 0 N–H and O–H groups in total. The van der Waals surface area contributed by atoms with Gasteiger partial charge in [0.25, 0.3) is 0 Å². The molecule has 0 unspecified atom stereocenters. The zero-order chi connectivity index (χ0) is 18.2. The van der Waals surface area contributed by atoms with Crippen molar-refractivity contribution < 1.29 is 18.7 Å². The van der Waals surface area contributed by atoms with Gasteiger partial charge in [0.1, 0.15) is 17.2 Å². The average molecular weight is 395 g/mol. The first kappa shape index (κ1) is 18.5. The molecule has 0 amide bonds. The predicted molar refractivity (Wildman–Crippen MR) is 97.9 cm³/mol. The normalized spacial score (nSPS) is 11.5. The molecule has 0 aliphatic heterocycles. The zero-order valence-corrected chi connectivity index (χ0v) is 16.0. The Bertz CT molecular complexity index is 835. The van der Waals surface area contributed by atoms with Crippen molar-refractivity contribution in [3.63, 3.8) is 0 Å². The molecule has 0 fully saturated rings. The highest BCUT2D eigenvalue weighted by Crippen LogP contribution is 2.40. The van der Waals surface area contributed by atoms with E-state index in [0.29, 0.717) is 27.5 Å². The van der Waals surface area contributed by atoms with Crippen LogP contribution in [0.4, 0.5) is 9.18 Å². The lowest BCUT2D eigenvalue weighted by Gasteiger charge is -2.21. The van der Waals surface area contributed by atoms with Crippen LogP contribution in [0.25, 0.3) is 16.3 Å². The second-order valence-corrected chi connectivity index (χ2v) is 7.60. The monoisotopic (exact) mass is 394 g/mol. The quantitative estimate of drug-likeness (QED) is 0.436. The fraction of sp³-hybridized carbons (Fsp3) is 0.316. The standard InChI is InChI=1S/C19H20BrFO3/c1-10(2)15-11(3)16(21)13-8-7-12(20)9-14(13)17(15)23-18(22)24-19(4,5)6/h7-9H,1H2,2-6H3. The summed E-state index contributed by atoms with van der Waals surface area (Å²) in [4.78, 5) is 12.1. The molecule has 5 heteroatoms. The van der Waals surface area contributed by atoms with E-state index in [1.165, 1.54) is 0 Å². The molecule has 0 saturated heterocycles. The first-order valence-corrected chi connectivity index (χ1v) is 8.28. The largest absolute Gasteiger partial charge is 0.514 e. The number of carbonyl (C=O) groups is 1. The summed E-state index contributed by atoms with van der Waals surface area (Å²) in [6.45, 7) is 12.5. The number of fused-ring (bicyclic) bond motifs is 1. The molecule has 0 aromatic heterocycles. The molecule has 2 aromatic rings. The first-order chi connectivity index (χ1) is 11.0. The van der Waals surface area contributed by atoms with Crippen LogP contribution in [0.1, 0.15) is 38.8 Å².